The fourth-order valence-electron chi connectivity index (χ4n) is 2.78. The molecule has 3 atom stereocenters. The predicted octanol–water partition coefficient (Wildman–Crippen LogP) is 1.72. The maximum absolute atomic E-state index is 11.5. The first kappa shape index (κ1) is 14.5. The number of hydrogen-bond acceptors (Lipinski definition) is 3. The molecular weight excluding hydrogens is 218 g/mol. The van der Waals surface area contributed by atoms with Crippen LogP contribution in [0.3, 0.4) is 0 Å². The molecule has 4 heteroatoms. The number of aliphatic carboxylic acids is 1. The van der Waals surface area contributed by atoms with E-state index in [0.717, 1.165) is 32.2 Å². The van der Waals surface area contributed by atoms with E-state index in [1.54, 1.807) is 6.92 Å². The number of hydrogen-bond donors (Lipinski definition) is 2. The van der Waals surface area contributed by atoms with E-state index in [4.69, 9.17) is 0 Å². The maximum atomic E-state index is 11.5. The first-order valence-corrected chi connectivity index (χ1v) is 6.58. The van der Waals surface area contributed by atoms with E-state index < -0.39 is 17.5 Å². The molecule has 1 saturated heterocycles. The summed E-state index contributed by atoms with van der Waals surface area (Å²) >= 11 is 0. The van der Waals surface area contributed by atoms with E-state index in [0.29, 0.717) is 6.54 Å². The Bertz CT molecular complexity index is 263. The van der Waals surface area contributed by atoms with Gasteiger partial charge in [0, 0.05) is 12.6 Å². The van der Waals surface area contributed by atoms with Gasteiger partial charge in [-0.3, -0.25) is 9.69 Å². The summed E-state index contributed by atoms with van der Waals surface area (Å²) < 4.78 is 0. The van der Waals surface area contributed by atoms with Crippen LogP contribution in [-0.4, -0.2) is 46.3 Å². The summed E-state index contributed by atoms with van der Waals surface area (Å²) in [5, 5.41) is 19.1. The summed E-state index contributed by atoms with van der Waals surface area (Å²) in [5.74, 6) is -0.679. The molecule has 4 nitrogen and oxygen atoms in total. The lowest BCUT2D eigenvalue weighted by Crippen LogP contribution is -2.53. The van der Waals surface area contributed by atoms with E-state index in [2.05, 4.69) is 4.90 Å². The van der Waals surface area contributed by atoms with Crippen molar-refractivity contribution in [1.82, 2.24) is 4.90 Å². The van der Waals surface area contributed by atoms with Gasteiger partial charge in [-0.15, -0.1) is 0 Å². The molecule has 0 aromatic rings. The zero-order valence-electron chi connectivity index (χ0n) is 11.1. The smallest absolute Gasteiger partial charge is 0.310 e. The van der Waals surface area contributed by atoms with E-state index in [1.807, 2.05) is 13.8 Å². The van der Waals surface area contributed by atoms with Crippen LogP contribution in [-0.2, 0) is 4.79 Å². The number of carboxylic acid groups (broad SMARTS) is 1. The van der Waals surface area contributed by atoms with Gasteiger partial charge in [0.05, 0.1) is 11.5 Å². The van der Waals surface area contributed by atoms with Crippen molar-refractivity contribution in [2.45, 2.75) is 58.6 Å². The van der Waals surface area contributed by atoms with Crippen molar-refractivity contribution < 1.29 is 15.0 Å². The summed E-state index contributed by atoms with van der Waals surface area (Å²) in [6.07, 6.45) is 2.87. The lowest BCUT2D eigenvalue weighted by molar-refractivity contribution is -0.154. The third kappa shape index (κ3) is 3.19. The third-order valence-corrected chi connectivity index (χ3v) is 4.06. The Morgan fingerprint density at radius 1 is 1.47 bits per heavy atom. The van der Waals surface area contributed by atoms with Crippen LogP contribution in [0.4, 0.5) is 0 Å². The van der Waals surface area contributed by atoms with Gasteiger partial charge >= 0.3 is 5.97 Å². The zero-order valence-corrected chi connectivity index (χ0v) is 11.1. The molecule has 0 radical (unpaired) electrons. The van der Waals surface area contributed by atoms with Crippen molar-refractivity contribution in [3.05, 3.63) is 0 Å². The molecule has 0 saturated carbocycles. The highest BCUT2D eigenvalue weighted by Gasteiger charge is 2.42. The molecule has 0 spiro atoms. The Morgan fingerprint density at radius 2 is 2.12 bits per heavy atom. The molecule has 0 bridgehead atoms. The summed E-state index contributed by atoms with van der Waals surface area (Å²) in [6.45, 7) is 7.23. The maximum Gasteiger partial charge on any atom is 0.310 e. The molecule has 1 aliphatic heterocycles. The molecule has 0 amide bonds. The van der Waals surface area contributed by atoms with E-state index in [-0.39, 0.29) is 6.04 Å². The topological polar surface area (TPSA) is 60.8 Å². The first-order chi connectivity index (χ1) is 7.93. The van der Waals surface area contributed by atoms with Crippen molar-refractivity contribution in [2.75, 3.05) is 13.1 Å². The van der Waals surface area contributed by atoms with E-state index in [9.17, 15) is 15.0 Å². The van der Waals surface area contributed by atoms with Gasteiger partial charge in [-0.1, -0.05) is 13.3 Å². The van der Waals surface area contributed by atoms with Crippen LogP contribution >= 0.6 is 0 Å². The molecule has 100 valence electrons. The molecule has 1 heterocycles. The van der Waals surface area contributed by atoms with Crippen LogP contribution in [0.25, 0.3) is 0 Å². The Labute approximate surface area is 104 Å². The highest BCUT2D eigenvalue weighted by molar-refractivity contribution is 5.75. The van der Waals surface area contributed by atoms with Gasteiger partial charge < -0.3 is 10.2 Å². The number of likely N-dealkylation sites (tertiary alicyclic amines) is 1. The van der Waals surface area contributed by atoms with Crippen LogP contribution in [0, 0.1) is 5.41 Å². The minimum Gasteiger partial charge on any atom is -0.481 e. The lowest BCUT2D eigenvalue weighted by Gasteiger charge is -2.43. The molecule has 2 N–H and O–H groups in total. The average Bonchev–Trinajstić information content (AvgIpc) is 2.28. The summed E-state index contributed by atoms with van der Waals surface area (Å²) in [4.78, 5) is 13.6. The molecular formula is C13H25NO3. The number of carbonyl (C=O) groups is 1. The molecule has 0 aliphatic carbocycles. The molecule has 1 aliphatic rings. The fourth-order valence-corrected chi connectivity index (χ4v) is 2.78. The SMILES string of the molecule is CCCC1(C(=O)O)CCCN(C(C)C(C)O)C1. The molecule has 17 heavy (non-hydrogen) atoms. The summed E-state index contributed by atoms with van der Waals surface area (Å²) in [6, 6.07) is 0.0332. The van der Waals surface area contributed by atoms with Crippen LogP contribution in [0.1, 0.15) is 46.5 Å². The van der Waals surface area contributed by atoms with Gasteiger partial charge in [0.1, 0.15) is 0 Å². The largest absolute Gasteiger partial charge is 0.481 e. The second-order valence-corrected chi connectivity index (χ2v) is 5.39. The van der Waals surface area contributed by atoms with Gasteiger partial charge in [0.2, 0.25) is 0 Å². The fraction of sp³-hybridized carbons (Fsp3) is 0.923. The number of aliphatic hydroxyl groups excluding tert-OH is 1. The minimum atomic E-state index is -0.679. The quantitative estimate of drug-likeness (QED) is 0.772. The Kier molecular flexibility index (Phi) is 4.95. The lowest BCUT2D eigenvalue weighted by atomic mass is 9.76. The van der Waals surface area contributed by atoms with E-state index >= 15 is 0 Å². The molecule has 0 aromatic heterocycles. The van der Waals surface area contributed by atoms with Crippen LogP contribution in [0.2, 0.25) is 0 Å². The van der Waals surface area contributed by atoms with Gasteiger partial charge in [-0.25, -0.2) is 0 Å². The van der Waals surface area contributed by atoms with E-state index in [1.165, 1.54) is 0 Å². The zero-order chi connectivity index (χ0) is 13.1. The summed E-state index contributed by atoms with van der Waals surface area (Å²) in [7, 11) is 0. The number of rotatable bonds is 5. The molecule has 1 rings (SSSR count). The number of nitrogens with zero attached hydrogens (tertiary/aromatic N) is 1. The van der Waals surface area contributed by atoms with Crippen molar-refractivity contribution >= 4 is 5.97 Å². The van der Waals surface area contributed by atoms with Gasteiger partial charge in [0.25, 0.3) is 0 Å². The number of aliphatic hydroxyl groups is 1. The average molecular weight is 243 g/mol. The first-order valence-electron chi connectivity index (χ1n) is 6.58. The van der Waals surface area contributed by atoms with Crippen molar-refractivity contribution in [3.8, 4) is 0 Å². The van der Waals surface area contributed by atoms with Crippen LogP contribution in [0.5, 0.6) is 0 Å². The second kappa shape index (κ2) is 5.83. The van der Waals surface area contributed by atoms with Crippen molar-refractivity contribution in [2.24, 2.45) is 5.41 Å². The number of piperidine rings is 1. The molecule has 3 unspecified atom stereocenters. The molecule has 1 fully saturated rings. The monoisotopic (exact) mass is 243 g/mol. The standard InChI is InChI=1S/C13H25NO3/c1-4-6-13(12(16)17)7-5-8-14(9-13)10(2)11(3)15/h10-11,15H,4-9H2,1-3H3,(H,16,17). The van der Waals surface area contributed by atoms with Crippen LogP contribution in [0.15, 0.2) is 0 Å². The van der Waals surface area contributed by atoms with Gasteiger partial charge in [-0.2, -0.15) is 0 Å². The third-order valence-electron chi connectivity index (χ3n) is 4.06. The van der Waals surface area contributed by atoms with Crippen LogP contribution < -0.4 is 0 Å². The van der Waals surface area contributed by atoms with Gasteiger partial charge in [0.15, 0.2) is 0 Å². The predicted molar refractivity (Wildman–Crippen MR) is 66.9 cm³/mol. The normalized spacial score (nSPS) is 29.9. The van der Waals surface area contributed by atoms with Crippen molar-refractivity contribution in [3.63, 3.8) is 0 Å². The highest BCUT2D eigenvalue weighted by atomic mass is 16.4. The Balaban J connectivity index is 2.78. The highest BCUT2D eigenvalue weighted by Crippen LogP contribution is 2.36. The number of carboxylic acids is 1. The summed E-state index contributed by atoms with van der Waals surface area (Å²) in [5.41, 5.74) is -0.601. The Hall–Kier alpha value is -0.610. The molecule has 0 aromatic carbocycles. The van der Waals surface area contributed by atoms with Gasteiger partial charge in [-0.05, 0) is 39.7 Å². The minimum absolute atomic E-state index is 0.0332. The Morgan fingerprint density at radius 3 is 2.59 bits per heavy atom. The second-order valence-electron chi connectivity index (χ2n) is 5.39. The van der Waals surface area contributed by atoms with Crippen molar-refractivity contribution in [1.29, 1.82) is 0 Å².